The Labute approximate surface area is 163 Å². The number of nitrogens with one attached hydrogen (secondary N) is 1. The highest BCUT2D eigenvalue weighted by Crippen LogP contribution is 2.34. The first kappa shape index (κ1) is 19.1. The van der Waals surface area contributed by atoms with E-state index in [1.807, 2.05) is 35.8 Å². The summed E-state index contributed by atoms with van der Waals surface area (Å²) in [5, 5.41) is 39.4. The molecule has 10 nitrogen and oxygen atoms in total. The van der Waals surface area contributed by atoms with Crippen LogP contribution in [0.15, 0.2) is 41.7 Å². The third-order valence-electron chi connectivity index (χ3n) is 4.50. The molecule has 4 rings (SSSR count). The lowest BCUT2D eigenvalue weighted by atomic mass is 10.1. The van der Waals surface area contributed by atoms with Gasteiger partial charge in [0.25, 0.3) is 0 Å². The minimum Gasteiger partial charge on any atom is -0.394 e. The maximum Gasteiger partial charge on any atom is 0.250 e. The molecule has 0 saturated carbocycles. The van der Waals surface area contributed by atoms with Gasteiger partial charge in [-0.1, -0.05) is 42.1 Å². The van der Waals surface area contributed by atoms with Gasteiger partial charge in [0.15, 0.2) is 11.9 Å². The first-order valence-electron chi connectivity index (χ1n) is 8.56. The van der Waals surface area contributed by atoms with Gasteiger partial charge in [0.05, 0.1) is 12.9 Å². The van der Waals surface area contributed by atoms with Crippen molar-refractivity contribution in [2.24, 2.45) is 0 Å². The summed E-state index contributed by atoms with van der Waals surface area (Å²) >= 11 is 1.42. The van der Waals surface area contributed by atoms with Gasteiger partial charge in [-0.3, -0.25) is 9.77 Å². The van der Waals surface area contributed by atoms with E-state index >= 15 is 0 Å². The number of rotatable bonds is 6. The van der Waals surface area contributed by atoms with Gasteiger partial charge in [-0.05, 0) is 5.56 Å². The van der Waals surface area contributed by atoms with Gasteiger partial charge in [0.1, 0.15) is 28.9 Å². The van der Waals surface area contributed by atoms with E-state index in [1.54, 1.807) is 0 Å². The van der Waals surface area contributed by atoms with E-state index in [1.165, 1.54) is 22.7 Å². The van der Waals surface area contributed by atoms with Crippen LogP contribution >= 0.6 is 11.8 Å². The Morgan fingerprint density at radius 1 is 1.14 bits per heavy atom. The van der Waals surface area contributed by atoms with E-state index in [0.29, 0.717) is 21.9 Å². The number of imidazole rings is 1. The largest absolute Gasteiger partial charge is 0.394 e. The molecule has 148 valence electrons. The molecule has 3 aromatic rings. The van der Waals surface area contributed by atoms with Gasteiger partial charge in [-0.2, -0.15) is 4.98 Å². The average molecular weight is 405 g/mol. The van der Waals surface area contributed by atoms with Crippen LogP contribution < -0.4 is 5.48 Å². The summed E-state index contributed by atoms with van der Waals surface area (Å²) in [6.45, 7) is -0.433. The van der Waals surface area contributed by atoms with Gasteiger partial charge in [-0.15, -0.1) is 0 Å². The Balaban J connectivity index is 1.69. The van der Waals surface area contributed by atoms with Crippen molar-refractivity contribution in [3.63, 3.8) is 0 Å². The molecule has 0 aliphatic carbocycles. The molecule has 0 bridgehead atoms. The second kappa shape index (κ2) is 7.99. The molecule has 1 aliphatic rings. The summed E-state index contributed by atoms with van der Waals surface area (Å²) in [5.41, 5.74) is 3.82. The number of hydrogen-bond donors (Lipinski definition) is 5. The molecule has 4 atom stereocenters. The quantitative estimate of drug-likeness (QED) is 0.224. The third kappa shape index (κ3) is 3.43. The van der Waals surface area contributed by atoms with E-state index in [9.17, 15) is 20.5 Å². The highest BCUT2D eigenvalue weighted by molar-refractivity contribution is 7.98. The molecular weight excluding hydrogens is 386 g/mol. The molecule has 0 spiro atoms. The summed E-state index contributed by atoms with van der Waals surface area (Å²) in [4.78, 5) is 12.8. The summed E-state index contributed by atoms with van der Waals surface area (Å²) in [5.74, 6) is 0.606. The molecule has 28 heavy (non-hydrogen) atoms. The maximum absolute atomic E-state index is 10.3. The van der Waals surface area contributed by atoms with Crippen LogP contribution in [0.4, 0.5) is 5.95 Å². The van der Waals surface area contributed by atoms with Crippen LogP contribution in [0, 0.1) is 0 Å². The van der Waals surface area contributed by atoms with Crippen LogP contribution in [-0.2, 0) is 10.5 Å². The van der Waals surface area contributed by atoms with Crippen LogP contribution in [0.5, 0.6) is 0 Å². The Morgan fingerprint density at radius 2 is 1.93 bits per heavy atom. The van der Waals surface area contributed by atoms with Gasteiger partial charge in [-0.25, -0.2) is 15.4 Å². The minimum absolute atomic E-state index is 0.0310. The molecule has 2 aromatic heterocycles. The zero-order chi connectivity index (χ0) is 19.7. The number of nitrogens with zero attached hydrogens (tertiary/aromatic N) is 4. The lowest BCUT2D eigenvalue weighted by molar-refractivity contribution is -0.0511. The normalized spacial score (nSPS) is 24.7. The smallest absolute Gasteiger partial charge is 0.250 e. The number of thioether (sulfide) groups is 1. The van der Waals surface area contributed by atoms with E-state index in [4.69, 9.17) is 4.74 Å². The van der Waals surface area contributed by atoms with Crippen molar-refractivity contribution < 1.29 is 25.3 Å². The number of aliphatic hydroxyl groups excluding tert-OH is 3. The Morgan fingerprint density at radius 3 is 2.61 bits per heavy atom. The number of anilines is 1. The maximum atomic E-state index is 10.3. The van der Waals surface area contributed by atoms with Crippen LogP contribution in [-0.4, -0.2) is 65.0 Å². The van der Waals surface area contributed by atoms with Crippen molar-refractivity contribution >= 4 is 28.9 Å². The summed E-state index contributed by atoms with van der Waals surface area (Å²) in [6.07, 6.45) is -2.98. The molecule has 0 unspecified atom stereocenters. The second-order valence-corrected chi connectivity index (χ2v) is 7.26. The molecule has 0 amide bonds. The molecule has 5 N–H and O–H groups in total. The number of aromatic nitrogens is 4. The zero-order valence-electron chi connectivity index (χ0n) is 14.6. The van der Waals surface area contributed by atoms with Gasteiger partial charge in [0.2, 0.25) is 5.95 Å². The van der Waals surface area contributed by atoms with Crippen LogP contribution in [0.25, 0.3) is 11.2 Å². The topological polar surface area (TPSA) is 146 Å². The third-order valence-corrected chi connectivity index (χ3v) is 5.53. The number of benzene rings is 1. The molecule has 0 radical (unpaired) electrons. The molecule has 1 saturated heterocycles. The first-order valence-corrected chi connectivity index (χ1v) is 9.54. The standard InChI is InChI=1S/C17H19N5O5S/c23-6-10-12(24)13(25)16(27-10)22-8-18-11-14(22)19-17(21-26)20-15(11)28-7-9-4-2-1-3-5-9/h1-5,8,10,12-13,16,23-26H,6-7H2,(H,19,20,21)/t10-,12+,13-,16+/m0/s1. The van der Waals surface area contributed by atoms with Gasteiger partial charge >= 0.3 is 0 Å². The zero-order valence-corrected chi connectivity index (χ0v) is 15.4. The summed E-state index contributed by atoms with van der Waals surface area (Å²) < 4.78 is 7.01. The number of fused-ring (bicyclic) bond motifs is 1. The Kier molecular flexibility index (Phi) is 5.44. The van der Waals surface area contributed by atoms with Crippen LogP contribution in [0.1, 0.15) is 11.8 Å². The van der Waals surface area contributed by atoms with Gasteiger partial charge < -0.3 is 20.1 Å². The fraction of sp³-hybridized carbons (Fsp3) is 0.353. The van der Waals surface area contributed by atoms with Crippen molar-refractivity contribution in [1.82, 2.24) is 19.5 Å². The highest BCUT2D eigenvalue weighted by Gasteiger charge is 2.44. The fourth-order valence-electron chi connectivity index (χ4n) is 3.06. The Bertz CT molecular complexity index is 956. The van der Waals surface area contributed by atoms with Crippen LogP contribution in [0.3, 0.4) is 0 Å². The number of hydrogen-bond acceptors (Lipinski definition) is 10. The fourth-order valence-corrected chi connectivity index (χ4v) is 3.99. The van der Waals surface area contributed by atoms with Crippen molar-refractivity contribution in [1.29, 1.82) is 0 Å². The monoisotopic (exact) mass is 405 g/mol. The minimum atomic E-state index is -1.27. The lowest BCUT2D eigenvalue weighted by Crippen LogP contribution is -2.33. The Hall–Kier alpha value is -2.28. The average Bonchev–Trinajstić information content (AvgIpc) is 3.28. The van der Waals surface area contributed by atoms with Crippen molar-refractivity contribution in [2.45, 2.75) is 35.3 Å². The van der Waals surface area contributed by atoms with E-state index in [2.05, 4.69) is 15.0 Å². The van der Waals surface area contributed by atoms with Crippen LogP contribution in [0.2, 0.25) is 0 Å². The lowest BCUT2D eigenvalue weighted by Gasteiger charge is -2.16. The van der Waals surface area contributed by atoms with Crippen molar-refractivity contribution in [3.05, 3.63) is 42.2 Å². The molecule has 1 aliphatic heterocycles. The molecule has 3 heterocycles. The highest BCUT2D eigenvalue weighted by atomic mass is 32.2. The van der Waals surface area contributed by atoms with Crippen molar-refractivity contribution in [3.8, 4) is 0 Å². The number of aliphatic hydroxyl groups is 3. The summed E-state index contributed by atoms with van der Waals surface area (Å²) in [7, 11) is 0. The molecular formula is C17H19N5O5S. The van der Waals surface area contributed by atoms with E-state index in [0.717, 1.165) is 5.56 Å². The SMILES string of the molecule is OC[C@@H]1O[C@@H](n2cnc3c(SCc4ccccc4)nc(NO)nc32)[C@@H](O)[C@@H]1O. The predicted molar refractivity (Wildman–Crippen MR) is 99.7 cm³/mol. The second-order valence-electron chi connectivity index (χ2n) is 6.29. The molecule has 1 fully saturated rings. The summed E-state index contributed by atoms with van der Waals surface area (Å²) in [6, 6.07) is 9.82. The van der Waals surface area contributed by atoms with Crippen molar-refractivity contribution in [2.75, 3.05) is 12.1 Å². The predicted octanol–water partition coefficient (Wildman–Crippen LogP) is 0.531. The molecule has 11 heteroatoms. The molecule has 1 aromatic carbocycles. The first-order chi connectivity index (χ1) is 13.6. The van der Waals surface area contributed by atoms with E-state index in [-0.39, 0.29) is 5.95 Å². The van der Waals surface area contributed by atoms with Gasteiger partial charge in [0, 0.05) is 5.75 Å². The number of ether oxygens (including phenoxy) is 1. The van der Waals surface area contributed by atoms with E-state index < -0.39 is 31.1 Å².